The highest BCUT2D eigenvalue weighted by Crippen LogP contribution is 2.39. The van der Waals surface area contributed by atoms with Gasteiger partial charge in [-0.05, 0) is 18.0 Å². The molecule has 1 saturated heterocycles. The largest absolute Gasteiger partial charge is 0.393 e. The number of aromatic nitrogens is 2. The maximum absolute atomic E-state index is 14.6. The fourth-order valence-electron chi connectivity index (χ4n) is 4.46. The number of carbonyl (C=O) groups is 1. The molecule has 3 N–H and O–H groups in total. The van der Waals surface area contributed by atoms with Gasteiger partial charge in [0.2, 0.25) is 11.6 Å². The fourth-order valence-corrected chi connectivity index (χ4v) is 4.46. The molecule has 1 aromatic rings. The highest BCUT2D eigenvalue weighted by atomic mass is 19.1. The van der Waals surface area contributed by atoms with E-state index < -0.39 is 36.5 Å². The second-order valence-electron chi connectivity index (χ2n) is 9.63. The Bertz CT molecular complexity index is 940. The summed E-state index contributed by atoms with van der Waals surface area (Å²) in [5.41, 5.74) is 5.46. The van der Waals surface area contributed by atoms with E-state index in [0.717, 1.165) is 30.0 Å². The minimum atomic E-state index is -2.25. The van der Waals surface area contributed by atoms with Crippen molar-refractivity contribution >= 4 is 11.7 Å². The Labute approximate surface area is 217 Å². The molecule has 1 amide bonds. The zero-order valence-electron chi connectivity index (χ0n) is 21.7. The first-order chi connectivity index (χ1) is 17.9. The molecular weight excluding hydrogens is 483 g/mol. The Kier molecular flexibility index (Phi) is 13.6. The number of aliphatic hydroxyl groups excluding tert-OH is 2. The van der Waals surface area contributed by atoms with Crippen LogP contribution in [0.3, 0.4) is 0 Å². The van der Waals surface area contributed by atoms with Crippen molar-refractivity contribution in [3.05, 3.63) is 33.2 Å². The van der Waals surface area contributed by atoms with Crippen molar-refractivity contribution in [2.45, 2.75) is 121 Å². The number of ether oxygens (including phenoxy) is 1. The summed E-state index contributed by atoms with van der Waals surface area (Å²) in [6.07, 6.45) is 11.4. The van der Waals surface area contributed by atoms with Crippen LogP contribution in [0.5, 0.6) is 0 Å². The summed E-state index contributed by atoms with van der Waals surface area (Å²) in [6.45, 7) is 1.25. The number of halogens is 1. The molecule has 2 heterocycles. The molecule has 11 nitrogen and oxygen atoms in total. The van der Waals surface area contributed by atoms with Crippen LogP contribution < -0.4 is 11.0 Å². The number of hydrogen-bond acceptors (Lipinski definition) is 7. The summed E-state index contributed by atoms with van der Waals surface area (Å²) in [4.78, 5) is 30.8. The molecular formula is C25H41FN6O5. The van der Waals surface area contributed by atoms with Gasteiger partial charge in [0.05, 0.1) is 6.61 Å². The van der Waals surface area contributed by atoms with Crippen molar-refractivity contribution in [1.82, 2.24) is 9.55 Å². The lowest BCUT2D eigenvalue weighted by atomic mass is 10.0. The second kappa shape index (κ2) is 16.3. The monoisotopic (exact) mass is 524 g/mol. The smallest absolute Gasteiger partial charge is 0.351 e. The standard InChI is InChI=1S/C25H41FN6O5/c1-2-3-4-5-6-7-8-9-10-11-12-13-14-15-20(34)28-19-16-17-32(24(36)29-19)23-21(26)22(35)25(18-33,37-23)30-31-27/h16-17,21-23,33,35H,2-15,18H2,1H3,(H,28,29,34,36)/t21-,22-,23+,25+/m0/s1. The van der Waals surface area contributed by atoms with E-state index in [-0.39, 0.29) is 11.7 Å². The van der Waals surface area contributed by atoms with Crippen LogP contribution in [-0.2, 0) is 9.53 Å². The number of nitrogens with one attached hydrogen (secondary N) is 1. The molecule has 4 atom stereocenters. The van der Waals surface area contributed by atoms with Gasteiger partial charge in [0.15, 0.2) is 12.4 Å². The van der Waals surface area contributed by atoms with Crippen LogP contribution >= 0.6 is 0 Å². The molecule has 1 aliphatic heterocycles. The van der Waals surface area contributed by atoms with Crippen LogP contribution in [0.25, 0.3) is 10.4 Å². The highest BCUT2D eigenvalue weighted by molar-refractivity contribution is 5.89. The van der Waals surface area contributed by atoms with E-state index in [1.54, 1.807) is 0 Å². The molecule has 208 valence electrons. The predicted octanol–water partition coefficient (Wildman–Crippen LogP) is 4.89. The van der Waals surface area contributed by atoms with Crippen molar-refractivity contribution in [1.29, 1.82) is 0 Å². The number of carbonyl (C=O) groups excluding carboxylic acids is 1. The Balaban J connectivity index is 1.68. The zero-order chi connectivity index (χ0) is 27.1. The molecule has 0 unspecified atom stereocenters. The van der Waals surface area contributed by atoms with Crippen LogP contribution in [0.2, 0.25) is 0 Å². The normalized spacial score (nSPS) is 23.1. The van der Waals surface area contributed by atoms with Gasteiger partial charge in [0.25, 0.3) is 0 Å². The molecule has 0 bridgehead atoms. The molecule has 0 radical (unpaired) electrons. The molecule has 1 fully saturated rings. The molecule has 0 spiro atoms. The van der Waals surface area contributed by atoms with Gasteiger partial charge in [-0.3, -0.25) is 9.36 Å². The first-order valence-corrected chi connectivity index (χ1v) is 13.4. The van der Waals surface area contributed by atoms with Gasteiger partial charge in [-0.1, -0.05) is 89.1 Å². The van der Waals surface area contributed by atoms with Gasteiger partial charge < -0.3 is 20.3 Å². The fraction of sp³-hybridized carbons (Fsp3) is 0.800. The van der Waals surface area contributed by atoms with E-state index in [1.165, 1.54) is 70.3 Å². The molecule has 0 aliphatic carbocycles. The number of azide groups is 1. The lowest BCUT2D eigenvalue weighted by Gasteiger charge is -2.23. The first-order valence-electron chi connectivity index (χ1n) is 13.4. The Morgan fingerprint density at radius 2 is 1.73 bits per heavy atom. The summed E-state index contributed by atoms with van der Waals surface area (Å²) < 4.78 is 20.6. The minimum Gasteiger partial charge on any atom is -0.393 e. The van der Waals surface area contributed by atoms with Gasteiger partial charge in [-0.15, -0.1) is 0 Å². The average molecular weight is 525 g/mol. The van der Waals surface area contributed by atoms with Crippen molar-refractivity contribution in [3.63, 3.8) is 0 Å². The number of amides is 1. The van der Waals surface area contributed by atoms with E-state index in [0.29, 0.717) is 6.42 Å². The van der Waals surface area contributed by atoms with Crippen molar-refractivity contribution in [3.8, 4) is 0 Å². The Hall–Kier alpha value is -2.53. The molecule has 2 rings (SSSR count). The third-order valence-corrected chi connectivity index (χ3v) is 6.68. The molecule has 0 saturated carbocycles. The van der Waals surface area contributed by atoms with Crippen molar-refractivity contribution in [2.24, 2.45) is 5.11 Å². The number of rotatable bonds is 18. The van der Waals surface area contributed by atoms with E-state index in [1.807, 2.05) is 0 Å². The summed E-state index contributed by atoms with van der Waals surface area (Å²) in [6, 6.07) is 1.30. The molecule has 1 aliphatic rings. The summed E-state index contributed by atoms with van der Waals surface area (Å²) >= 11 is 0. The van der Waals surface area contributed by atoms with Gasteiger partial charge in [0, 0.05) is 17.5 Å². The molecule has 37 heavy (non-hydrogen) atoms. The number of aliphatic hydroxyl groups is 2. The van der Waals surface area contributed by atoms with Crippen LogP contribution in [0.1, 0.15) is 103 Å². The van der Waals surface area contributed by atoms with Gasteiger partial charge in [-0.25, -0.2) is 9.18 Å². The lowest BCUT2D eigenvalue weighted by molar-refractivity contribution is -0.124. The third-order valence-electron chi connectivity index (χ3n) is 6.68. The van der Waals surface area contributed by atoms with Crippen LogP contribution in [0, 0.1) is 0 Å². The molecule has 1 aromatic heterocycles. The number of hydrogen-bond donors (Lipinski definition) is 3. The van der Waals surface area contributed by atoms with Crippen molar-refractivity contribution in [2.75, 3.05) is 11.9 Å². The van der Waals surface area contributed by atoms with E-state index >= 15 is 0 Å². The maximum atomic E-state index is 14.6. The summed E-state index contributed by atoms with van der Waals surface area (Å²) in [5, 5.41) is 25.2. The van der Waals surface area contributed by atoms with Crippen molar-refractivity contribution < 1.29 is 24.1 Å². The zero-order valence-corrected chi connectivity index (χ0v) is 21.7. The van der Waals surface area contributed by atoms with Gasteiger partial charge in [-0.2, -0.15) is 4.98 Å². The van der Waals surface area contributed by atoms with Crippen LogP contribution in [-0.4, -0.2) is 50.3 Å². The Morgan fingerprint density at radius 1 is 1.16 bits per heavy atom. The second-order valence-corrected chi connectivity index (χ2v) is 9.63. The van der Waals surface area contributed by atoms with Gasteiger partial charge in [0.1, 0.15) is 11.9 Å². The van der Waals surface area contributed by atoms with Gasteiger partial charge >= 0.3 is 5.69 Å². The SMILES string of the molecule is CCCCCCCCCCCCCCCC(=O)Nc1ccn([C@@H]2O[C@@](CO)(N=[N+]=[N-])[C@@H](O)[C@@H]2F)c(=O)n1. The average Bonchev–Trinajstić information content (AvgIpc) is 3.12. The summed E-state index contributed by atoms with van der Waals surface area (Å²) in [7, 11) is 0. The van der Waals surface area contributed by atoms with E-state index in [2.05, 4.69) is 27.3 Å². The maximum Gasteiger partial charge on any atom is 0.351 e. The number of nitrogens with zero attached hydrogens (tertiary/aromatic N) is 5. The molecule has 0 aromatic carbocycles. The number of anilines is 1. The first kappa shape index (κ1) is 30.7. The predicted molar refractivity (Wildman–Crippen MR) is 137 cm³/mol. The van der Waals surface area contributed by atoms with E-state index in [9.17, 15) is 24.2 Å². The lowest BCUT2D eigenvalue weighted by Crippen LogP contribution is -2.43. The van der Waals surface area contributed by atoms with E-state index in [4.69, 9.17) is 10.3 Å². The topological polar surface area (TPSA) is 162 Å². The quantitative estimate of drug-likeness (QED) is 0.107. The molecule has 12 heteroatoms. The minimum absolute atomic E-state index is 0.0124. The third kappa shape index (κ3) is 9.37. The number of unbranched alkanes of at least 4 members (excludes halogenated alkanes) is 12. The van der Waals surface area contributed by atoms with Crippen LogP contribution in [0.15, 0.2) is 22.2 Å². The van der Waals surface area contributed by atoms with Crippen LogP contribution in [0.4, 0.5) is 10.2 Å². The summed E-state index contributed by atoms with van der Waals surface area (Å²) in [5.74, 6) is -0.260. The highest BCUT2D eigenvalue weighted by Gasteiger charge is 2.56. The number of alkyl halides is 1. The Morgan fingerprint density at radius 3 is 2.24 bits per heavy atom.